The van der Waals surface area contributed by atoms with Crippen molar-refractivity contribution in [3.8, 4) is 5.75 Å². The maximum Gasteiger partial charge on any atom is 0.319 e. The Hall–Kier alpha value is -1.08. The van der Waals surface area contributed by atoms with Crippen LogP contribution >= 0.6 is 15.9 Å². The predicted molar refractivity (Wildman–Crippen MR) is 81.2 cm³/mol. The van der Waals surface area contributed by atoms with Crippen molar-refractivity contribution in [2.45, 2.75) is 13.0 Å². The van der Waals surface area contributed by atoms with E-state index in [1.807, 2.05) is 6.92 Å². The van der Waals surface area contributed by atoms with E-state index in [4.69, 9.17) is 4.74 Å². The van der Waals surface area contributed by atoms with Crippen molar-refractivity contribution in [1.82, 2.24) is 5.32 Å². The Labute approximate surface area is 123 Å². The van der Waals surface area contributed by atoms with Gasteiger partial charge in [0.2, 0.25) is 0 Å². The summed E-state index contributed by atoms with van der Waals surface area (Å²) in [6.45, 7) is 1.81. The lowest BCUT2D eigenvalue weighted by atomic mass is 10.3. The monoisotopic (exact) mass is 348 g/mol. The average Bonchev–Trinajstić information content (AvgIpc) is 2.30. The number of hydrogen-bond acceptors (Lipinski definition) is 3. The van der Waals surface area contributed by atoms with Crippen LogP contribution in [0.5, 0.6) is 5.75 Å². The Balaban J connectivity index is 2.59. The molecule has 19 heavy (non-hydrogen) atoms. The molecule has 106 valence electrons. The Morgan fingerprint density at radius 2 is 2.21 bits per heavy atom. The summed E-state index contributed by atoms with van der Waals surface area (Å²) in [5, 5.41) is 5.43. The highest BCUT2D eigenvalue weighted by atomic mass is 79.9. The van der Waals surface area contributed by atoms with Crippen LogP contribution in [0.15, 0.2) is 22.7 Å². The Morgan fingerprint density at radius 3 is 2.74 bits per heavy atom. The number of rotatable bonds is 5. The molecule has 1 aromatic carbocycles. The molecule has 0 aliphatic rings. The lowest BCUT2D eigenvalue weighted by Crippen LogP contribution is -2.39. The third-order valence-electron chi connectivity index (χ3n) is 2.29. The molecule has 0 aliphatic carbocycles. The minimum Gasteiger partial charge on any atom is -0.497 e. The molecule has 1 rings (SSSR count). The molecule has 0 fully saturated rings. The molecule has 2 N–H and O–H groups in total. The first-order valence-electron chi connectivity index (χ1n) is 5.63. The van der Waals surface area contributed by atoms with E-state index >= 15 is 0 Å². The highest BCUT2D eigenvalue weighted by Crippen LogP contribution is 2.26. The topological polar surface area (TPSA) is 67.4 Å². The summed E-state index contributed by atoms with van der Waals surface area (Å²) in [4.78, 5) is 11.7. The number of nitrogens with one attached hydrogen (secondary N) is 2. The van der Waals surface area contributed by atoms with E-state index in [9.17, 15) is 9.00 Å². The lowest BCUT2D eigenvalue weighted by Gasteiger charge is -2.14. The van der Waals surface area contributed by atoms with Crippen LogP contribution in [0.3, 0.4) is 0 Å². The van der Waals surface area contributed by atoms with Gasteiger partial charge in [0, 0.05) is 33.3 Å². The molecule has 0 saturated carbocycles. The Bertz CT molecular complexity index is 482. The first kappa shape index (κ1) is 16.0. The van der Waals surface area contributed by atoms with Crippen LogP contribution in [-0.4, -0.2) is 35.4 Å². The summed E-state index contributed by atoms with van der Waals surface area (Å²) in [7, 11) is 0.642. The van der Waals surface area contributed by atoms with Gasteiger partial charge in [-0.2, -0.15) is 0 Å². The van der Waals surface area contributed by atoms with E-state index in [1.165, 1.54) is 0 Å². The molecular weight excluding hydrogens is 332 g/mol. The van der Waals surface area contributed by atoms with Crippen LogP contribution < -0.4 is 15.4 Å². The second kappa shape index (κ2) is 7.49. The second-order valence-electron chi connectivity index (χ2n) is 4.09. The molecule has 0 unspecified atom stereocenters. The standard InChI is InChI=1S/C12H17BrN2O3S/c1-8(7-19(3)17)14-12(16)15-11-5-4-9(18-2)6-10(11)13/h4-6,8H,7H2,1-3H3,(H2,14,15,16)/t8-,19+/m1/s1. The molecule has 0 radical (unpaired) electrons. The van der Waals surface area contributed by atoms with Gasteiger partial charge in [-0.3, -0.25) is 4.21 Å². The van der Waals surface area contributed by atoms with E-state index in [1.54, 1.807) is 31.6 Å². The van der Waals surface area contributed by atoms with Gasteiger partial charge in [-0.05, 0) is 41.1 Å². The smallest absolute Gasteiger partial charge is 0.319 e. The van der Waals surface area contributed by atoms with Crippen LogP contribution in [0.2, 0.25) is 0 Å². The summed E-state index contributed by atoms with van der Waals surface area (Å²) in [6, 6.07) is 4.78. The van der Waals surface area contributed by atoms with Crippen molar-refractivity contribution in [3.05, 3.63) is 22.7 Å². The van der Waals surface area contributed by atoms with E-state index in [0.29, 0.717) is 17.2 Å². The van der Waals surface area contributed by atoms with E-state index < -0.39 is 10.8 Å². The molecule has 0 saturated heterocycles. The van der Waals surface area contributed by atoms with Gasteiger partial charge in [-0.25, -0.2) is 4.79 Å². The first-order valence-corrected chi connectivity index (χ1v) is 8.15. The van der Waals surface area contributed by atoms with Crippen molar-refractivity contribution in [2.75, 3.05) is 24.4 Å². The van der Waals surface area contributed by atoms with Gasteiger partial charge < -0.3 is 15.4 Å². The van der Waals surface area contributed by atoms with Crippen LogP contribution in [0.4, 0.5) is 10.5 Å². The first-order chi connectivity index (χ1) is 8.92. The van der Waals surface area contributed by atoms with E-state index in [2.05, 4.69) is 26.6 Å². The average molecular weight is 349 g/mol. The SMILES string of the molecule is COc1ccc(NC(=O)N[C@H](C)C[S@](C)=O)c(Br)c1. The molecule has 0 aliphatic heterocycles. The van der Waals surface area contributed by atoms with Crippen LogP contribution in [0, 0.1) is 0 Å². The zero-order valence-electron chi connectivity index (χ0n) is 11.0. The highest BCUT2D eigenvalue weighted by Gasteiger charge is 2.10. The molecule has 7 heteroatoms. The zero-order chi connectivity index (χ0) is 14.4. The molecule has 2 atom stereocenters. The van der Waals surface area contributed by atoms with Crippen molar-refractivity contribution in [1.29, 1.82) is 0 Å². The minimum atomic E-state index is -0.936. The molecule has 2 amide bonds. The largest absolute Gasteiger partial charge is 0.497 e. The third-order valence-corrected chi connectivity index (χ3v) is 3.91. The van der Waals surface area contributed by atoms with Gasteiger partial charge in [-0.15, -0.1) is 0 Å². The number of amides is 2. The summed E-state index contributed by atoms with van der Waals surface area (Å²) >= 11 is 3.35. The molecule has 0 heterocycles. The number of anilines is 1. The van der Waals surface area contributed by atoms with Crippen molar-refractivity contribution >= 4 is 38.4 Å². The lowest BCUT2D eigenvalue weighted by molar-refractivity contribution is 0.250. The number of hydrogen-bond donors (Lipinski definition) is 2. The van der Waals surface area contributed by atoms with E-state index in [-0.39, 0.29) is 12.1 Å². The van der Waals surface area contributed by atoms with Crippen LogP contribution in [0.1, 0.15) is 6.92 Å². The number of halogens is 1. The summed E-state index contributed by atoms with van der Waals surface area (Å²) in [5.41, 5.74) is 0.642. The van der Waals surface area contributed by atoms with Gasteiger partial charge in [0.15, 0.2) is 0 Å². The number of ether oxygens (including phenoxy) is 1. The maximum atomic E-state index is 11.7. The second-order valence-corrected chi connectivity index (χ2v) is 6.42. The Morgan fingerprint density at radius 1 is 1.53 bits per heavy atom. The minimum absolute atomic E-state index is 0.150. The number of carbonyl (C=O) groups excluding carboxylic acids is 1. The quantitative estimate of drug-likeness (QED) is 0.858. The molecule has 0 aromatic heterocycles. The van der Waals surface area contributed by atoms with Gasteiger partial charge in [-0.1, -0.05) is 0 Å². The molecular formula is C12H17BrN2O3S. The van der Waals surface area contributed by atoms with Crippen LogP contribution in [0.25, 0.3) is 0 Å². The van der Waals surface area contributed by atoms with Crippen molar-refractivity contribution < 1.29 is 13.7 Å². The predicted octanol–water partition coefficient (Wildman–Crippen LogP) is 2.35. The Kier molecular flexibility index (Phi) is 6.30. The molecule has 5 nitrogen and oxygen atoms in total. The molecule has 0 bridgehead atoms. The summed E-state index contributed by atoms with van der Waals surface area (Å²) in [5.74, 6) is 1.13. The number of carbonyl (C=O) groups is 1. The van der Waals surface area contributed by atoms with E-state index in [0.717, 1.165) is 4.47 Å². The molecule has 1 aromatic rings. The fourth-order valence-electron chi connectivity index (χ4n) is 1.50. The molecule has 0 spiro atoms. The van der Waals surface area contributed by atoms with Gasteiger partial charge in [0.1, 0.15) is 5.75 Å². The number of benzene rings is 1. The summed E-state index contributed by atoms with van der Waals surface area (Å²) in [6.07, 6.45) is 1.61. The number of methoxy groups -OCH3 is 1. The number of urea groups is 1. The summed E-state index contributed by atoms with van der Waals surface area (Å²) < 4.78 is 16.8. The fraction of sp³-hybridized carbons (Fsp3) is 0.417. The van der Waals surface area contributed by atoms with Gasteiger partial charge in [0.25, 0.3) is 0 Å². The van der Waals surface area contributed by atoms with Gasteiger partial charge in [0.05, 0.1) is 12.8 Å². The van der Waals surface area contributed by atoms with Gasteiger partial charge >= 0.3 is 6.03 Å². The maximum absolute atomic E-state index is 11.7. The highest BCUT2D eigenvalue weighted by molar-refractivity contribution is 9.10. The fourth-order valence-corrected chi connectivity index (χ4v) is 2.74. The third kappa shape index (κ3) is 5.61. The zero-order valence-corrected chi connectivity index (χ0v) is 13.4. The normalized spacial score (nSPS) is 13.5. The van der Waals surface area contributed by atoms with Crippen molar-refractivity contribution in [2.24, 2.45) is 0 Å². The van der Waals surface area contributed by atoms with Crippen LogP contribution in [-0.2, 0) is 10.8 Å². The van der Waals surface area contributed by atoms with Crippen molar-refractivity contribution in [3.63, 3.8) is 0 Å².